The van der Waals surface area contributed by atoms with E-state index in [9.17, 15) is 4.79 Å². The van der Waals surface area contributed by atoms with Crippen molar-refractivity contribution in [2.24, 2.45) is 5.92 Å². The smallest absolute Gasteiger partial charge is 0.219 e. The van der Waals surface area contributed by atoms with Crippen molar-refractivity contribution in [3.05, 3.63) is 59.1 Å². The lowest BCUT2D eigenvalue weighted by Crippen LogP contribution is -2.22. The van der Waals surface area contributed by atoms with Gasteiger partial charge in [0.2, 0.25) is 11.8 Å². The first-order valence-corrected chi connectivity index (χ1v) is 10.2. The van der Waals surface area contributed by atoms with Gasteiger partial charge in [0.1, 0.15) is 11.5 Å². The average Bonchev–Trinajstić information content (AvgIpc) is 3.52. The standard InChI is InChI=1S/C23H23ClN2O3/c1-15(27)25-11-10-16-4-7-21-18(12-16)5-9-23(26-21)29-22-8-6-19(13-20(22)24)28-14-17-2-3-17/h4-9,12-13,17H,2-3,10-11,14H2,1H3,(H,25,27). The van der Waals surface area contributed by atoms with Gasteiger partial charge in [0, 0.05) is 31.0 Å². The van der Waals surface area contributed by atoms with Crippen LogP contribution in [0.5, 0.6) is 17.4 Å². The molecule has 1 aliphatic rings. The number of nitrogens with one attached hydrogen (secondary N) is 1. The number of pyridine rings is 1. The third-order valence-electron chi connectivity index (χ3n) is 4.82. The first-order valence-electron chi connectivity index (χ1n) is 9.81. The quantitative estimate of drug-likeness (QED) is 0.558. The minimum atomic E-state index is -0.0181. The monoisotopic (exact) mass is 410 g/mol. The second-order valence-corrected chi connectivity index (χ2v) is 7.77. The molecule has 5 nitrogen and oxygen atoms in total. The van der Waals surface area contributed by atoms with Gasteiger partial charge in [-0.3, -0.25) is 4.79 Å². The molecular formula is C23H23ClN2O3. The lowest BCUT2D eigenvalue weighted by atomic mass is 10.1. The van der Waals surface area contributed by atoms with Gasteiger partial charge < -0.3 is 14.8 Å². The summed E-state index contributed by atoms with van der Waals surface area (Å²) >= 11 is 6.36. The summed E-state index contributed by atoms with van der Waals surface area (Å²) in [4.78, 5) is 15.6. The molecule has 1 fully saturated rings. The molecule has 1 aliphatic carbocycles. The molecule has 1 heterocycles. The summed E-state index contributed by atoms with van der Waals surface area (Å²) < 4.78 is 11.6. The number of rotatable bonds is 8. The lowest BCUT2D eigenvalue weighted by molar-refractivity contribution is -0.118. The SMILES string of the molecule is CC(=O)NCCc1ccc2nc(Oc3ccc(OCC4CC4)cc3Cl)ccc2c1. The number of halogens is 1. The molecule has 0 radical (unpaired) electrons. The molecule has 1 saturated carbocycles. The van der Waals surface area contributed by atoms with Crippen LogP contribution in [-0.4, -0.2) is 24.0 Å². The minimum absolute atomic E-state index is 0.0181. The highest BCUT2D eigenvalue weighted by atomic mass is 35.5. The van der Waals surface area contributed by atoms with Crippen LogP contribution in [0.3, 0.4) is 0 Å². The Hall–Kier alpha value is -2.79. The summed E-state index contributed by atoms with van der Waals surface area (Å²) in [5.41, 5.74) is 1.98. The Balaban J connectivity index is 1.43. The van der Waals surface area contributed by atoms with E-state index in [1.54, 1.807) is 6.07 Å². The van der Waals surface area contributed by atoms with Crippen molar-refractivity contribution in [1.82, 2.24) is 10.3 Å². The van der Waals surface area contributed by atoms with Gasteiger partial charge in [-0.05, 0) is 61.1 Å². The number of nitrogens with zero attached hydrogens (tertiary/aromatic N) is 1. The predicted molar refractivity (Wildman–Crippen MR) is 114 cm³/mol. The van der Waals surface area contributed by atoms with Crippen molar-refractivity contribution in [2.75, 3.05) is 13.2 Å². The molecule has 0 bridgehead atoms. The van der Waals surface area contributed by atoms with Crippen LogP contribution in [0.2, 0.25) is 5.02 Å². The molecule has 6 heteroatoms. The molecule has 1 aromatic heterocycles. The summed E-state index contributed by atoms with van der Waals surface area (Å²) in [7, 11) is 0. The van der Waals surface area contributed by atoms with Crippen molar-refractivity contribution in [1.29, 1.82) is 0 Å². The molecule has 3 aromatic rings. The van der Waals surface area contributed by atoms with Crippen LogP contribution in [0.15, 0.2) is 48.5 Å². The maximum absolute atomic E-state index is 11.0. The number of fused-ring (bicyclic) bond motifs is 1. The molecule has 0 aliphatic heterocycles. The number of hydrogen-bond acceptors (Lipinski definition) is 4. The van der Waals surface area contributed by atoms with E-state index >= 15 is 0 Å². The van der Waals surface area contributed by atoms with Crippen molar-refractivity contribution in [3.8, 4) is 17.4 Å². The molecule has 29 heavy (non-hydrogen) atoms. The van der Waals surface area contributed by atoms with Crippen LogP contribution in [-0.2, 0) is 11.2 Å². The summed E-state index contributed by atoms with van der Waals surface area (Å²) in [6.45, 7) is 2.89. The van der Waals surface area contributed by atoms with Crippen LogP contribution in [0.4, 0.5) is 0 Å². The van der Waals surface area contributed by atoms with E-state index in [2.05, 4.69) is 16.4 Å². The summed E-state index contributed by atoms with van der Waals surface area (Å²) in [6.07, 6.45) is 3.28. The van der Waals surface area contributed by atoms with Gasteiger partial charge in [0.15, 0.2) is 0 Å². The van der Waals surface area contributed by atoms with Crippen molar-refractivity contribution >= 4 is 28.4 Å². The van der Waals surface area contributed by atoms with Crippen LogP contribution in [0, 0.1) is 5.92 Å². The minimum Gasteiger partial charge on any atom is -0.493 e. The molecular weight excluding hydrogens is 388 g/mol. The van der Waals surface area contributed by atoms with E-state index < -0.39 is 0 Å². The molecule has 2 aromatic carbocycles. The highest BCUT2D eigenvalue weighted by Gasteiger charge is 2.22. The zero-order valence-corrected chi connectivity index (χ0v) is 17.0. The number of hydrogen-bond donors (Lipinski definition) is 1. The van der Waals surface area contributed by atoms with Crippen LogP contribution < -0.4 is 14.8 Å². The van der Waals surface area contributed by atoms with E-state index in [1.165, 1.54) is 19.8 Å². The maximum atomic E-state index is 11.0. The van der Waals surface area contributed by atoms with E-state index in [1.807, 2.05) is 36.4 Å². The zero-order valence-electron chi connectivity index (χ0n) is 16.3. The normalized spacial score (nSPS) is 13.3. The number of carbonyl (C=O) groups is 1. The molecule has 150 valence electrons. The fourth-order valence-electron chi connectivity index (χ4n) is 3.02. The van der Waals surface area contributed by atoms with Gasteiger partial charge in [-0.1, -0.05) is 17.7 Å². The number of amides is 1. The van der Waals surface area contributed by atoms with Crippen LogP contribution >= 0.6 is 11.6 Å². The Morgan fingerprint density at radius 1 is 1.17 bits per heavy atom. The number of aromatic nitrogens is 1. The van der Waals surface area contributed by atoms with Gasteiger partial charge >= 0.3 is 0 Å². The Labute approximate surface area is 175 Å². The highest BCUT2D eigenvalue weighted by molar-refractivity contribution is 6.32. The third-order valence-corrected chi connectivity index (χ3v) is 5.11. The molecule has 1 amide bonds. The average molecular weight is 411 g/mol. The van der Waals surface area contributed by atoms with Crippen LogP contribution in [0.1, 0.15) is 25.3 Å². The summed E-state index contributed by atoms with van der Waals surface area (Å²) in [5, 5.41) is 4.32. The Bertz CT molecular complexity index is 1030. The van der Waals surface area contributed by atoms with Crippen molar-refractivity contribution in [3.63, 3.8) is 0 Å². The zero-order chi connectivity index (χ0) is 20.2. The molecule has 1 N–H and O–H groups in total. The molecule has 0 saturated heterocycles. The third kappa shape index (κ3) is 5.39. The first-order chi connectivity index (χ1) is 14.1. The Morgan fingerprint density at radius 3 is 2.79 bits per heavy atom. The van der Waals surface area contributed by atoms with Crippen LogP contribution in [0.25, 0.3) is 10.9 Å². The number of benzene rings is 2. The van der Waals surface area contributed by atoms with E-state index in [0.29, 0.717) is 29.1 Å². The highest BCUT2D eigenvalue weighted by Crippen LogP contribution is 2.34. The maximum Gasteiger partial charge on any atom is 0.219 e. The molecule has 0 unspecified atom stereocenters. The molecule has 4 rings (SSSR count). The second kappa shape index (κ2) is 8.70. The van der Waals surface area contributed by atoms with E-state index in [4.69, 9.17) is 21.1 Å². The fraction of sp³-hybridized carbons (Fsp3) is 0.304. The largest absolute Gasteiger partial charge is 0.493 e. The molecule has 0 atom stereocenters. The van der Waals surface area contributed by atoms with Gasteiger partial charge in [0.25, 0.3) is 0 Å². The lowest BCUT2D eigenvalue weighted by Gasteiger charge is -2.10. The van der Waals surface area contributed by atoms with E-state index in [-0.39, 0.29) is 5.91 Å². The first kappa shape index (κ1) is 19.5. The molecule has 0 spiro atoms. The summed E-state index contributed by atoms with van der Waals surface area (Å²) in [5.74, 6) is 2.46. The fourth-order valence-corrected chi connectivity index (χ4v) is 3.23. The van der Waals surface area contributed by atoms with Gasteiger partial charge in [0.05, 0.1) is 17.1 Å². The second-order valence-electron chi connectivity index (χ2n) is 7.36. The van der Waals surface area contributed by atoms with Gasteiger partial charge in [-0.25, -0.2) is 4.98 Å². The Morgan fingerprint density at radius 2 is 2.03 bits per heavy atom. The Kier molecular flexibility index (Phi) is 5.86. The van der Waals surface area contributed by atoms with Gasteiger partial charge in [-0.15, -0.1) is 0 Å². The van der Waals surface area contributed by atoms with E-state index in [0.717, 1.165) is 35.2 Å². The summed E-state index contributed by atoms with van der Waals surface area (Å²) in [6, 6.07) is 15.3. The van der Waals surface area contributed by atoms with Crippen molar-refractivity contribution in [2.45, 2.75) is 26.2 Å². The number of ether oxygens (including phenoxy) is 2. The van der Waals surface area contributed by atoms with Crippen molar-refractivity contribution < 1.29 is 14.3 Å². The van der Waals surface area contributed by atoms with Gasteiger partial charge in [-0.2, -0.15) is 0 Å². The predicted octanol–water partition coefficient (Wildman–Crippen LogP) is 5.15. The topological polar surface area (TPSA) is 60.5 Å². The number of carbonyl (C=O) groups excluding carboxylic acids is 1.